The van der Waals surface area contributed by atoms with Gasteiger partial charge < -0.3 is 5.32 Å². The summed E-state index contributed by atoms with van der Waals surface area (Å²) in [6.07, 6.45) is 9.47. The average molecular weight is 217 g/mol. The van der Waals surface area contributed by atoms with E-state index in [1.54, 1.807) is 24.7 Å². The summed E-state index contributed by atoms with van der Waals surface area (Å²) < 4.78 is 1.93. The molecule has 0 fully saturated rings. The Hall–Kier alpha value is -1.91. The van der Waals surface area contributed by atoms with Gasteiger partial charge in [-0.25, -0.2) is 9.97 Å². The van der Waals surface area contributed by atoms with E-state index < -0.39 is 0 Å². The van der Waals surface area contributed by atoms with Gasteiger partial charge in [-0.05, 0) is 12.5 Å². The first-order valence-corrected chi connectivity index (χ1v) is 5.45. The summed E-state index contributed by atoms with van der Waals surface area (Å²) in [5.74, 6) is 0.595. The molecule has 0 aromatic carbocycles. The van der Waals surface area contributed by atoms with Gasteiger partial charge in [-0.1, -0.05) is 13.3 Å². The summed E-state index contributed by atoms with van der Waals surface area (Å²) in [7, 11) is 0. The molecule has 2 rings (SSSR count). The topological polar surface area (TPSA) is 55.6 Å². The molecule has 2 aromatic heterocycles. The number of hydrogen-bond acceptors (Lipinski definition) is 4. The van der Waals surface area contributed by atoms with Gasteiger partial charge in [0, 0.05) is 25.1 Å². The van der Waals surface area contributed by atoms with E-state index in [2.05, 4.69) is 27.3 Å². The molecule has 2 heterocycles. The van der Waals surface area contributed by atoms with Gasteiger partial charge in [0.2, 0.25) is 5.95 Å². The van der Waals surface area contributed by atoms with Gasteiger partial charge >= 0.3 is 0 Å². The fraction of sp³-hybridized carbons (Fsp3) is 0.364. The van der Waals surface area contributed by atoms with Crippen LogP contribution in [-0.2, 0) is 6.54 Å². The van der Waals surface area contributed by atoms with Crippen molar-refractivity contribution in [3.8, 4) is 0 Å². The molecule has 0 spiro atoms. The molecule has 0 aliphatic rings. The molecule has 1 N–H and O–H groups in total. The SMILES string of the molecule is CCCCn1cc(Nc2ncccn2)cn1. The Morgan fingerprint density at radius 1 is 1.31 bits per heavy atom. The van der Waals surface area contributed by atoms with Crippen LogP contribution in [0.4, 0.5) is 11.6 Å². The second-order valence-electron chi connectivity index (χ2n) is 3.54. The van der Waals surface area contributed by atoms with Crippen molar-refractivity contribution >= 4 is 11.6 Å². The number of aryl methyl sites for hydroxylation is 1. The lowest BCUT2D eigenvalue weighted by Gasteiger charge is -1.99. The van der Waals surface area contributed by atoms with E-state index in [1.807, 2.05) is 10.9 Å². The van der Waals surface area contributed by atoms with Gasteiger partial charge in [0.25, 0.3) is 0 Å². The first-order valence-electron chi connectivity index (χ1n) is 5.45. The maximum atomic E-state index is 4.25. The number of unbranched alkanes of at least 4 members (excludes halogenated alkanes) is 1. The average Bonchev–Trinajstić information content (AvgIpc) is 2.75. The lowest BCUT2D eigenvalue weighted by molar-refractivity contribution is 0.572. The van der Waals surface area contributed by atoms with Gasteiger partial charge in [-0.15, -0.1) is 0 Å². The highest BCUT2D eigenvalue weighted by Crippen LogP contribution is 2.10. The lowest BCUT2D eigenvalue weighted by atomic mass is 10.3. The first-order chi connectivity index (χ1) is 7.88. The van der Waals surface area contributed by atoms with E-state index in [-0.39, 0.29) is 0 Å². The largest absolute Gasteiger partial charge is 0.321 e. The minimum absolute atomic E-state index is 0.595. The lowest BCUT2D eigenvalue weighted by Crippen LogP contribution is -1.97. The standard InChI is InChI=1S/C11H15N5/c1-2-3-7-16-9-10(8-14-16)15-11-12-5-4-6-13-11/h4-6,8-9H,2-3,7H2,1H3,(H,12,13,15). The first kappa shape index (κ1) is 10.6. The van der Waals surface area contributed by atoms with Crippen LogP contribution in [0.15, 0.2) is 30.9 Å². The molecule has 2 aromatic rings. The second-order valence-corrected chi connectivity index (χ2v) is 3.54. The molecule has 0 unspecified atom stereocenters. The van der Waals surface area contributed by atoms with Crippen molar-refractivity contribution in [3.63, 3.8) is 0 Å². The van der Waals surface area contributed by atoms with Gasteiger partial charge in [0.1, 0.15) is 0 Å². The molecule has 16 heavy (non-hydrogen) atoms. The Bertz CT molecular complexity index is 423. The fourth-order valence-corrected chi connectivity index (χ4v) is 1.36. The molecular formula is C11H15N5. The van der Waals surface area contributed by atoms with E-state index in [1.165, 1.54) is 6.42 Å². The Morgan fingerprint density at radius 2 is 2.12 bits per heavy atom. The molecule has 0 bridgehead atoms. The summed E-state index contributed by atoms with van der Waals surface area (Å²) >= 11 is 0. The van der Waals surface area contributed by atoms with Crippen molar-refractivity contribution in [1.29, 1.82) is 0 Å². The molecule has 0 aliphatic carbocycles. The summed E-state index contributed by atoms with van der Waals surface area (Å²) in [6.45, 7) is 3.12. The van der Waals surface area contributed by atoms with Crippen LogP contribution in [0, 0.1) is 0 Å². The highest BCUT2D eigenvalue weighted by molar-refractivity contribution is 5.49. The van der Waals surface area contributed by atoms with Crippen LogP contribution in [0.1, 0.15) is 19.8 Å². The Kier molecular flexibility index (Phi) is 3.48. The van der Waals surface area contributed by atoms with Crippen LogP contribution in [0.25, 0.3) is 0 Å². The van der Waals surface area contributed by atoms with Crippen molar-refractivity contribution in [2.45, 2.75) is 26.3 Å². The third-order valence-corrected chi connectivity index (χ3v) is 2.20. The normalized spacial score (nSPS) is 10.3. The third kappa shape index (κ3) is 2.79. The number of anilines is 2. The maximum Gasteiger partial charge on any atom is 0.227 e. The maximum absolute atomic E-state index is 4.25. The number of nitrogens with one attached hydrogen (secondary N) is 1. The number of hydrogen-bond donors (Lipinski definition) is 1. The molecule has 5 nitrogen and oxygen atoms in total. The van der Waals surface area contributed by atoms with Crippen LogP contribution in [0.2, 0.25) is 0 Å². The molecule has 84 valence electrons. The van der Waals surface area contributed by atoms with Crippen LogP contribution in [-0.4, -0.2) is 19.7 Å². The van der Waals surface area contributed by atoms with Crippen molar-refractivity contribution in [2.24, 2.45) is 0 Å². The summed E-state index contributed by atoms with van der Waals surface area (Å²) in [5, 5.41) is 7.34. The predicted octanol–water partition coefficient (Wildman–Crippen LogP) is 2.22. The molecule has 0 amide bonds. The predicted molar refractivity (Wildman–Crippen MR) is 62.4 cm³/mol. The zero-order valence-corrected chi connectivity index (χ0v) is 9.30. The van der Waals surface area contributed by atoms with E-state index in [0.29, 0.717) is 5.95 Å². The minimum Gasteiger partial charge on any atom is -0.321 e. The summed E-state index contributed by atoms with van der Waals surface area (Å²) in [5.41, 5.74) is 0.919. The van der Waals surface area contributed by atoms with Gasteiger partial charge in [0.15, 0.2) is 0 Å². The van der Waals surface area contributed by atoms with E-state index in [4.69, 9.17) is 0 Å². The Balaban J connectivity index is 1.97. The van der Waals surface area contributed by atoms with Crippen molar-refractivity contribution in [2.75, 3.05) is 5.32 Å². The fourth-order valence-electron chi connectivity index (χ4n) is 1.36. The number of rotatable bonds is 5. The minimum atomic E-state index is 0.595. The number of aromatic nitrogens is 4. The van der Waals surface area contributed by atoms with Crippen LogP contribution < -0.4 is 5.32 Å². The second kappa shape index (κ2) is 5.25. The molecule has 5 heteroatoms. The zero-order valence-electron chi connectivity index (χ0n) is 9.30. The smallest absolute Gasteiger partial charge is 0.227 e. The Labute approximate surface area is 94.5 Å². The number of nitrogens with zero attached hydrogens (tertiary/aromatic N) is 4. The molecular weight excluding hydrogens is 202 g/mol. The molecule has 0 saturated heterocycles. The van der Waals surface area contributed by atoms with Gasteiger partial charge in [-0.3, -0.25) is 4.68 Å². The van der Waals surface area contributed by atoms with Crippen LogP contribution >= 0.6 is 0 Å². The van der Waals surface area contributed by atoms with Crippen molar-refractivity contribution < 1.29 is 0 Å². The summed E-state index contributed by atoms with van der Waals surface area (Å²) in [6, 6.07) is 1.79. The van der Waals surface area contributed by atoms with E-state index >= 15 is 0 Å². The Morgan fingerprint density at radius 3 is 2.88 bits per heavy atom. The molecule has 0 aliphatic heterocycles. The third-order valence-electron chi connectivity index (χ3n) is 2.20. The quantitative estimate of drug-likeness (QED) is 0.834. The highest BCUT2D eigenvalue weighted by atomic mass is 15.3. The highest BCUT2D eigenvalue weighted by Gasteiger charge is 1.99. The molecule has 0 saturated carbocycles. The van der Waals surface area contributed by atoms with Gasteiger partial charge in [0.05, 0.1) is 11.9 Å². The zero-order chi connectivity index (χ0) is 11.2. The molecule has 0 atom stereocenters. The van der Waals surface area contributed by atoms with E-state index in [9.17, 15) is 0 Å². The van der Waals surface area contributed by atoms with Crippen LogP contribution in [0.5, 0.6) is 0 Å². The van der Waals surface area contributed by atoms with Crippen LogP contribution in [0.3, 0.4) is 0 Å². The monoisotopic (exact) mass is 217 g/mol. The van der Waals surface area contributed by atoms with Gasteiger partial charge in [-0.2, -0.15) is 5.10 Å². The molecule has 0 radical (unpaired) electrons. The van der Waals surface area contributed by atoms with E-state index in [0.717, 1.165) is 18.7 Å². The van der Waals surface area contributed by atoms with Crippen molar-refractivity contribution in [3.05, 3.63) is 30.9 Å². The summed E-state index contributed by atoms with van der Waals surface area (Å²) in [4.78, 5) is 8.17. The van der Waals surface area contributed by atoms with Crippen molar-refractivity contribution in [1.82, 2.24) is 19.7 Å².